The van der Waals surface area contributed by atoms with E-state index in [9.17, 15) is 4.79 Å². The Balaban J connectivity index is 2.12. The number of likely N-dealkylation sites (tertiary alicyclic amines) is 1. The smallest absolute Gasteiger partial charge is 0.302 e. The highest BCUT2D eigenvalue weighted by Gasteiger charge is 2.33. The highest BCUT2D eigenvalue weighted by molar-refractivity contribution is 5.88. The molecule has 2 aromatic heterocycles. The number of fused-ring (bicyclic) bond motifs is 1. The number of anilines is 1. The molecule has 7 nitrogen and oxygen atoms in total. The maximum absolute atomic E-state index is 12.3. The van der Waals surface area contributed by atoms with Gasteiger partial charge in [-0.2, -0.15) is 0 Å². The minimum absolute atomic E-state index is 0.0659. The van der Waals surface area contributed by atoms with Gasteiger partial charge in [-0.1, -0.05) is 6.85 Å². The molecule has 2 atom stereocenters. The first-order valence-corrected chi connectivity index (χ1v) is 7.58. The number of H-pyrrole nitrogens is 1. The minimum atomic E-state index is -2.64. The maximum atomic E-state index is 12.3. The molecule has 24 heavy (non-hydrogen) atoms. The van der Waals surface area contributed by atoms with Gasteiger partial charge < -0.3 is 19.6 Å². The first kappa shape index (κ1) is 10.3. The van der Waals surface area contributed by atoms with Crippen LogP contribution in [0.2, 0.25) is 0 Å². The topological polar surface area (TPSA) is 69.5 Å². The van der Waals surface area contributed by atoms with Crippen LogP contribution in [0.4, 0.5) is 5.82 Å². The Hall–Kier alpha value is -2.62. The Labute approximate surface area is 149 Å². The van der Waals surface area contributed by atoms with Crippen LogP contribution < -0.4 is 4.90 Å². The predicted octanol–water partition coefficient (Wildman–Crippen LogP) is 1.86. The monoisotopic (exact) mass is 332 g/mol. The van der Waals surface area contributed by atoms with Gasteiger partial charge in [0.05, 0.1) is 12.8 Å². The van der Waals surface area contributed by atoms with E-state index in [-0.39, 0.29) is 49.9 Å². The number of piperidine rings is 1. The Morgan fingerprint density at radius 2 is 2.54 bits per heavy atom. The molecule has 0 spiro atoms. The molecule has 1 aliphatic heterocycles. The van der Waals surface area contributed by atoms with Crippen LogP contribution in [-0.2, 0) is 4.79 Å². The Kier molecular flexibility index (Phi) is 2.78. The van der Waals surface area contributed by atoms with Crippen LogP contribution in [0.1, 0.15) is 27.2 Å². The van der Waals surface area contributed by atoms with Crippen molar-refractivity contribution in [3.05, 3.63) is 29.5 Å². The number of likely N-dealkylation sites (N-methyl/N-ethyl adjacent to an activating group) is 1. The summed E-state index contributed by atoms with van der Waals surface area (Å²) in [6, 6.07) is -0.881. The number of nitrogens with zero attached hydrogens (tertiary/aromatic N) is 5. The van der Waals surface area contributed by atoms with Gasteiger partial charge in [-0.05, 0) is 25.3 Å². The molecule has 7 heteroatoms. The molecule has 0 radical (unpaired) electrons. The van der Waals surface area contributed by atoms with Gasteiger partial charge in [0, 0.05) is 31.3 Å². The van der Waals surface area contributed by atoms with Gasteiger partial charge >= 0.3 is 5.91 Å². The Bertz CT molecular complexity index is 1030. The summed E-state index contributed by atoms with van der Waals surface area (Å²) in [6.07, 6.45) is -0.420. The van der Waals surface area contributed by atoms with Gasteiger partial charge in [-0.3, -0.25) is 4.79 Å². The minimum Gasteiger partial charge on any atom is -0.354 e. The molecule has 0 saturated carbocycles. The third kappa shape index (κ3) is 2.92. The van der Waals surface area contributed by atoms with E-state index in [1.165, 1.54) is 9.80 Å². The van der Waals surface area contributed by atoms with Crippen LogP contribution in [0.3, 0.4) is 0 Å². The summed E-state index contributed by atoms with van der Waals surface area (Å²) in [4.78, 5) is 29.3. The van der Waals surface area contributed by atoms with Crippen molar-refractivity contribution in [1.82, 2.24) is 19.9 Å². The number of carbonyl (C=O) groups is 1. The normalized spacial score (nSPS) is 28.0. The lowest BCUT2D eigenvalue weighted by molar-refractivity contribution is -0.130. The van der Waals surface area contributed by atoms with Crippen molar-refractivity contribution in [2.45, 2.75) is 26.2 Å². The number of hydrogen-bond acceptors (Lipinski definition) is 4. The molecular weight excluding hydrogens is 304 g/mol. The van der Waals surface area contributed by atoms with Crippen molar-refractivity contribution in [3.8, 4) is 0 Å². The highest BCUT2D eigenvalue weighted by atomic mass is 16.2. The number of hydrogen-bond donors (Lipinski definition) is 1. The third-order valence-electron chi connectivity index (χ3n) is 4.21. The average molecular weight is 332 g/mol. The summed E-state index contributed by atoms with van der Waals surface area (Å²) >= 11 is 0. The van der Waals surface area contributed by atoms with Crippen LogP contribution >= 0.6 is 0 Å². The Morgan fingerprint density at radius 3 is 3.29 bits per heavy atom. The lowest BCUT2D eigenvalue weighted by Crippen LogP contribution is -2.53. The zero-order chi connectivity index (χ0) is 22.4. The number of nitrogens with one attached hydrogen (secondary N) is 1. The van der Waals surface area contributed by atoms with Gasteiger partial charge in [0.15, 0.2) is 0 Å². The van der Waals surface area contributed by atoms with Crippen LogP contribution in [0, 0.1) is 19.4 Å². The Morgan fingerprint density at radius 1 is 1.71 bits per heavy atom. The molecule has 1 aliphatic rings. The molecule has 0 aliphatic carbocycles. The molecule has 1 fully saturated rings. The quantitative estimate of drug-likeness (QED) is 0.871. The lowest BCUT2D eigenvalue weighted by Gasteiger charge is -2.41. The molecule has 0 bridgehead atoms. The van der Waals surface area contributed by atoms with Crippen LogP contribution in [-0.4, -0.2) is 58.5 Å². The first-order valence-electron chi connectivity index (χ1n) is 10.6. The summed E-state index contributed by atoms with van der Waals surface area (Å²) in [5, 5.41) is 0.323. The van der Waals surface area contributed by atoms with Gasteiger partial charge in [0.1, 0.15) is 19.1 Å². The average Bonchev–Trinajstić information content (AvgIpc) is 2.93. The second-order valence-electron chi connectivity index (χ2n) is 5.80. The molecular formula is C17H22N6O. The van der Waals surface area contributed by atoms with Crippen molar-refractivity contribution >= 4 is 22.8 Å². The molecule has 0 aromatic carbocycles. The van der Waals surface area contributed by atoms with Crippen LogP contribution in [0.15, 0.2) is 12.3 Å². The SMILES string of the molecule is [2H]c1nc(N(C)[C@H]2CN(C(=O)C[N+]#[C-])CC[C@@]2([2H])C([2H])([2H])[2H])c2c([2H])c(C)[nH]c2n1. The summed E-state index contributed by atoms with van der Waals surface area (Å²) in [6.45, 7) is 5.59. The van der Waals surface area contributed by atoms with E-state index in [1.54, 1.807) is 14.0 Å². The van der Waals surface area contributed by atoms with Crippen molar-refractivity contribution in [2.75, 3.05) is 31.6 Å². The second kappa shape index (κ2) is 6.48. The fourth-order valence-corrected chi connectivity index (χ4v) is 2.93. The number of aryl methyl sites for hydroxylation is 1. The summed E-state index contributed by atoms with van der Waals surface area (Å²) in [5.74, 6) is -2.18. The molecule has 126 valence electrons. The van der Waals surface area contributed by atoms with Crippen molar-refractivity contribution in [3.63, 3.8) is 0 Å². The van der Waals surface area contributed by atoms with E-state index < -0.39 is 24.7 Å². The van der Waals surface area contributed by atoms with Gasteiger partial charge in [0.25, 0.3) is 6.54 Å². The van der Waals surface area contributed by atoms with E-state index in [0.29, 0.717) is 11.1 Å². The van der Waals surface area contributed by atoms with Crippen LogP contribution in [0.5, 0.6) is 0 Å². The van der Waals surface area contributed by atoms with E-state index in [1.807, 2.05) is 0 Å². The fourth-order valence-electron chi connectivity index (χ4n) is 2.93. The molecule has 3 heterocycles. The number of amides is 1. The van der Waals surface area contributed by atoms with Crippen LogP contribution in [0.25, 0.3) is 15.9 Å². The molecule has 1 saturated heterocycles. The summed E-state index contributed by atoms with van der Waals surface area (Å²) in [7, 11) is 1.55. The predicted molar refractivity (Wildman–Crippen MR) is 92.6 cm³/mol. The molecule has 1 amide bonds. The largest absolute Gasteiger partial charge is 0.354 e. The van der Waals surface area contributed by atoms with Crippen molar-refractivity contribution in [2.24, 2.45) is 5.89 Å². The number of rotatable bonds is 3. The van der Waals surface area contributed by atoms with Gasteiger partial charge in [-0.25, -0.2) is 16.5 Å². The molecule has 2 aromatic rings. The molecule has 0 unspecified atom stereocenters. The zero-order valence-corrected chi connectivity index (χ0v) is 13.6. The van der Waals surface area contributed by atoms with Crippen molar-refractivity contribution < 1.29 is 13.0 Å². The number of aromatic amines is 1. The fraction of sp³-hybridized carbons (Fsp3) is 0.529. The van der Waals surface area contributed by atoms with Gasteiger partial charge in [0.2, 0.25) is 0 Å². The standard InChI is InChI=1S/C17H22N6O/c1-11-5-6-23(15(24)8-18-3)9-14(11)22(4)17-13-7-12(2)21-16(13)19-10-20-17/h7,10-11,14H,5-6,8-9H2,1-2,4H3,(H,19,20,21)/t11-,14+/m1/s1/i1D3,7D,10D,11D. The number of aromatic nitrogens is 3. The second-order valence-corrected chi connectivity index (χ2v) is 5.80. The summed E-state index contributed by atoms with van der Waals surface area (Å²) < 4.78 is 48.9. The molecule has 3 rings (SSSR count). The van der Waals surface area contributed by atoms with Crippen molar-refractivity contribution in [1.29, 1.82) is 0 Å². The third-order valence-corrected chi connectivity index (χ3v) is 4.21. The number of carbonyl (C=O) groups excluding carboxylic acids is 1. The molecule has 1 N–H and O–H groups in total. The maximum Gasteiger partial charge on any atom is 0.302 e. The first-order chi connectivity index (χ1) is 13.9. The zero-order valence-electron chi connectivity index (χ0n) is 19.6. The van der Waals surface area contributed by atoms with E-state index in [0.717, 1.165) is 0 Å². The van der Waals surface area contributed by atoms with E-state index in [2.05, 4.69) is 19.8 Å². The van der Waals surface area contributed by atoms with Gasteiger partial charge in [-0.15, -0.1) is 0 Å². The van der Waals surface area contributed by atoms with E-state index in [4.69, 9.17) is 14.8 Å². The lowest BCUT2D eigenvalue weighted by atomic mass is 9.92. The van der Waals surface area contributed by atoms with E-state index >= 15 is 0 Å². The highest BCUT2D eigenvalue weighted by Crippen LogP contribution is 2.29. The summed E-state index contributed by atoms with van der Waals surface area (Å²) in [5.41, 5.74) is 0.797.